The van der Waals surface area contributed by atoms with E-state index in [2.05, 4.69) is 4.72 Å². The largest absolute Gasteiger partial charge is 0.343 e. The Morgan fingerprint density at radius 3 is 2.50 bits per heavy atom. The first-order valence-electron chi connectivity index (χ1n) is 9.52. The summed E-state index contributed by atoms with van der Waals surface area (Å²) in [5, 5.41) is 0. The van der Waals surface area contributed by atoms with Crippen LogP contribution in [0.4, 0.5) is 0 Å². The van der Waals surface area contributed by atoms with E-state index in [-0.39, 0.29) is 22.1 Å². The van der Waals surface area contributed by atoms with Crippen molar-refractivity contribution in [3.63, 3.8) is 0 Å². The average Bonchev–Trinajstić information content (AvgIpc) is 2.92. The van der Waals surface area contributed by atoms with Gasteiger partial charge in [-0.25, -0.2) is 13.1 Å². The predicted octanol–water partition coefficient (Wildman–Crippen LogP) is 2.54. The molecule has 0 aliphatic carbocycles. The van der Waals surface area contributed by atoms with Gasteiger partial charge in [-0.15, -0.1) is 0 Å². The Balaban J connectivity index is 1.80. The van der Waals surface area contributed by atoms with Crippen molar-refractivity contribution >= 4 is 37.5 Å². The molecule has 9 heteroatoms. The Morgan fingerprint density at radius 2 is 1.86 bits per heavy atom. The van der Waals surface area contributed by atoms with Gasteiger partial charge in [0.25, 0.3) is 0 Å². The normalized spacial score (nSPS) is 15.9. The van der Waals surface area contributed by atoms with E-state index < -0.39 is 15.6 Å². The number of sulfonamides is 1. The van der Waals surface area contributed by atoms with Crippen molar-refractivity contribution in [3.05, 3.63) is 27.9 Å². The lowest BCUT2D eigenvalue weighted by atomic mass is 10.1. The molecule has 0 atom stereocenters. The fourth-order valence-electron chi connectivity index (χ4n) is 3.40. The number of amides is 1. The Hall–Kier alpha value is -1.71. The summed E-state index contributed by atoms with van der Waals surface area (Å²) in [6, 6.07) is 4.68. The zero-order chi connectivity index (χ0) is 20.5. The second kappa shape index (κ2) is 7.96. The van der Waals surface area contributed by atoms with Gasteiger partial charge in [0.15, 0.2) is 0 Å². The third kappa shape index (κ3) is 4.82. The van der Waals surface area contributed by atoms with Crippen molar-refractivity contribution in [3.8, 4) is 0 Å². The van der Waals surface area contributed by atoms with Gasteiger partial charge in [0.2, 0.25) is 15.9 Å². The lowest BCUT2D eigenvalue weighted by molar-refractivity contribution is -0.132. The van der Waals surface area contributed by atoms with E-state index in [9.17, 15) is 18.0 Å². The smallest absolute Gasteiger partial charge is 0.308 e. The molecule has 1 saturated heterocycles. The number of likely N-dealkylation sites (tertiary alicyclic amines) is 1. The first-order valence-corrected chi connectivity index (χ1v) is 11.8. The number of aromatic nitrogens is 1. The zero-order valence-electron chi connectivity index (χ0n) is 16.5. The van der Waals surface area contributed by atoms with Crippen LogP contribution >= 0.6 is 11.3 Å². The molecular formula is C19H27N3O4S2. The van der Waals surface area contributed by atoms with Gasteiger partial charge in [0.05, 0.1) is 15.1 Å². The number of hydrogen-bond acceptors (Lipinski definition) is 5. The van der Waals surface area contributed by atoms with Crippen molar-refractivity contribution in [2.45, 2.75) is 63.4 Å². The maximum atomic E-state index is 12.5. The number of hydrogen-bond donors (Lipinski definition) is 1. The molecule has 1 aromatic carbocycles. The van der Waals surface area contributed by atoms with Gasteiger partial charge in [-0.2, -0.15) is 0 Å². The number of nitrogens with zero attached hydrogens (tertiary/aromatic N) is 2. The van der Waals surface area contributed by atoms with Crippen LogP contribution in [0.3, 0.4) is 0 Å². The lowest BCUT2D eigenvalue weighted by Crippen LogP contribution is -2.40. The SMILES string of the molecule is CC(C)(C)NS(=O)(=O)c1ccc2c(c1)sc(=O)n2CCC(=O)N1CCCCC1. The van der Waals surface area contributed by atoms with Crippen LogP contribution in [-0.2, 0) is 21.4 Å². The number of benzene rings is 1. The third-order valence-electron chi connectivity index (χ3n) is 4.65. The molecule has 154 valence electrons. The summed E-state index contributed by atoms with van der Waals surface area (Å²) in [5.74, 6) is 0.0690. The minimum Gasteiger partial charge on any atom is -0.343 e. The van der Waals surface area contributed by atoms with Crippen LogP contribution in [0.5, 0.6) is 0 Å². The molecule has 0 unspecified atom stereocenters. The topological polar surface area (TPSA) is 88.5 Å². The second-order valence-corrected chi connectivity index (χ2v) is 10.9. The Kier molecular flexibility index (Phi) is 5.97. The van der Waals surface area contributed by atoms with Gasteiger partial charge in [-0.3, -0.25) is 14.2 Å². The molecule has 1 aliphatic rings. The Labute approximate surface area is 169 Å². The van der Waals surface area contributed by atoms with Crippen molar-refractivity contribution in [2.24, 2.45) is 0 Å². The zero-order valence-corrected chi connectivity index (χ0v) is 18.2. The molecule has 1 fully saturated rings. The molecule has 0 bridgehead atoms. The predicted molar refractivity (Wildman–Crippen MR) is 111 cm³/mol. The number of carbonyl (C=O) groups excluding carboxylic acids is 1. The van der Waals surface area contributed by atoms with E-state index in [1.807, 2.05) is 4.90 Å². The molecule has 0 saturated carbocycles. The number of rotatable bonds is 5. The fraction of sp³-hybridized carbons (Fsp3) is 0.579. The summed E-state index contributed by atoms with van der Waals surface area (Å²) in [5.41, 5.74) is 0.0675. The maximum absolute atomic E-state index is 12.5. The minimum atomic E-state index is -3.67. The number of fused-ring (bicyclic) bond motifs is 1. The van der Waals surface area contributed by atoms with Crippen molar-refractivity contribution in [1.29, 1.82) is 0 Å². The summed E-state index contributed by atoms with van der Waals surface area (Å²) < 4.78 is 29.8. The van der Waals surface area contributed by atoms with Crippen LogP contribution in [0.1, 0.15) is 46.5 Å². The highest BCUT2D eigenvalue weighted by Crippen LogP contribution is 2.23. The number of thiazole rings is 1. The highest BCUT2D eigenvalue weighted by Gasteiger charge is 2.23. The molecule has 0 spiro atoms. The second-order valence-electron chi connectivity index (χ2n) is 8.20. The van der Waals surface area contributed by atoms with E-state index in [0.29, 0.717) is 16.8 Å². The van der Waals surface area contributed by atoms with Crippen molar-refractivity contribution in [2.75, 3.05) is 13.1 Å². The monoisotopic (exact) mass is 425 g/mol. The molecule has 28 heavy (non-hydrogen) atoms. The third-order valence-corrected chi connectivity index (χ3v) is 7.35. The van der Waals surface area contributed by atoms with Crippen LogP contribution in [0.2, 0.25) is 0 Å². The van der Waals surface area contributed by atoms with Gasteiger partial charge in [-0.05, 0) is 58.2 Å². The van der Waals surface area contributed by atoms with E-state index in [4.69, 9.17) is 0 Å². The van der Waals surface area contributed by atoms with Crippen LogP contribution in [0.25, 0.3) is 10.2 Å². The molecule has 1 N–H and O–H groups in total. The summed E-state index contributed by atoms with van der Waals surface area (Å²) in [6.45, 7) is 7.21. The molecule has 1 amide bonds. The van der Waals surface area contributed by atoms with E-state index in [1.54, 1.807) is 31.4 Å². The van der Waals surface area contributed by atoms with Crippen LogP contribution < -0.4 is 9.60 Å². The van der Waals surface area contributed by atoms with Gasteiger partial charge >= 0.3 is 4.87 Å². The van der Waals surface area contributed by atoms with E-state index in [1.165, 1.54) is 12.1 Å². The molecular weight excluding hydrogens is 398 g/mol. The van der Waals surface area contributed by atoms with Crippen LogP contribution in [-0.4, -0.2) is 42.4 Å². The molecule has 0 radical (unpaired) electrons. The summed E-state index contributed by atoms with van der Waals surface area (Å²) >= 11 is 1.00. The Morgan fingerprint density at radius 1 is 1.18 bits per heavy atom. The highest BCUT2D eigenvalue weighted by molar-refractivity contribution is 7.89. The van der Waals surface area contributed by atoms with Gasteiger partial charge in [0, 0.05) is 31.6 Å². The summed E-state index contributed by atoms with van der Waals surface area (Å²) in [7, 11) is -3.67. The number of carbonyl (C=O) groups is 1. The highest BCUT2D eigenvalue weighted by atomic mass is 32.2. The van der Waals surface area contributed by atoms with Gasteiger partial charge in [-0.1, -0.05) is 11.3 Å². The van der Waals surface area contributed by atoms with E-state index in [0.717, 1.165) is 43.7 Å². The molecule has 1 aliphatic heterocycles. The van der Waals surface area contributed by atoms with Crippen LogP contribution in [0, 0.1) is 0 Å². The van der Waals surface area contributed by atoms with Gasteiger partial charge in [0.1, 0.15) is 0 Å². The molecule has 3 rings (SSSR count). The summed E-state index contributed by atoms with van der Waals surface area (Å²) in [6.07, 6.45) is 3.50. The standard InChI is InChI=1S/C19H27N3O4S2/c1-19(2,3)20-28(25,26)14-7-8-15-16(13-14)27-18(24)22(15)12-9-17(23)21-10-5-4-6-11-21/h7-8,13,20H,4-6,9-12H2,1-3H3. The number of nitrogens with one attached hydrogen (secondary N) is 1. The average molecular weight is 426 g/mol. The number of piperidine rings is 1. The first kappa shape index (κ1) is 21.0. The van der Waals surface area contributed by atoms with Crippen molar-refractivity contribution < 1.29 is 13.2 Å². The molecule has 2 heterocycles. The first-order chi connectivity index (χ1) is 13.1. The number of aryl methyl sites for hydroxylation is 1. The fourth-order valence-corrected chi connectivity index (χ4v) is 5.87. The van der Waals surface area contributed by atoms with Gasteiger partial charge < -0.3 is 4.90 Å². The lowest BCUT2D eigenvalue weighted by Gasteiger charge is -2.26. The molecule has 7 nitrogen and oxygen atoms in total. The summed E-state index contributed by atoms with van der Waals surface area (Å²) in [4.78, 5) is 26.6. The Bertz CT molecular complexity index is 1030. The molecule has 1 aromatic heterocycles. The van der Waals surface area contributed by atoms with Crippen LogP contribution in [0.15, 0.2) is 27.9 Å². The van der Waals surface area contributed by atoms with E-state index >= 15 is 0 Å². The quantitative estimate of drug-likeness (QED) is 0.797. The minimum absolute atomic E-state index is 0.0690. The maximum Gasteiger partial charge on any atom is 0.308 e. The van der Waals surface area contributed by atoms with Crippen molar-refractivity contribution in [1.82, 2.24) is 14.2 Å². The molecule has 2 aromatic rings.